The number of anilines is 1. The number of carbonyl (C=O) groups excluding carboxylic acids is 1. The topological polar surface area (TPSA) is 49.6 Å². The van der Waals surface area contributed by atoms with Gasteiger partial charge in [0.05, 0.1) is 5.92 Å². The van der Waals surface area contributed by atoms with E-state index in [4.69, 9.17) is 5.73 Å². The zero-order chi connectivity index (χ0) is 15.5. The van der Waals surface area contributed by atoms with Crippen LogP contribution in [0.4, 0.5) is 5.69 Å². The van der Waals surface area contributed by atoms with Crippen LogP contribution in [0, 0.1) is 5.92 Å². The first-order chi connectivity index (χ1) is 10.7. The van der Waals surface area contributed by atoms with E-state index in [0.717, 1.165) is 32.4 Å². The van der Waals surface area contributed by atoms with E-state index in [9.17, 15) is 4.79 Å². The number of amides is 1. The summed E-state index contributed by atoms with van der Waals surface area (Å²) in [7, 11) is 1.91. The molecule has 0 spiro atoms. The van der Waals surface area contributed by atoms with Gasteiger partial charge in [0.1, 0.15) is 0 Å². The van der Waals surface area contributed by atoms with E-state index < -0.39 is 0 Å². The minimum absolute atomic E-state index is 0.0175. The van der Waals surface area contributed by atoms with Crippen molar-refractivity contribution in [1.29, 1.82) is 0 Å². The first-order valence-corrected chi connectivity index (χ1v) is 8.50. The Labute approximate surface area is 133 Å². The third kappa shape index (κ3) is 3.12. The molecule has 2 aliphatic rings. The minimum Gasteiger partial charge on any atom is -0.371 e. The molecule has 120 valence electrons. The number of nitrogens with zero attached hydrogens (tertiary/aromatic N) is 2. The highest BCUT2D eigenvalue weighted by Gasteiger charge is 2.32. The van der Waals surface area contributed by atoms with Gasteiger partial charge in [-0.15, -0.1) is 0 Å². The maximum atomic E-state index is 12.6. The molecule has 1 saturated heterocycles. The van der Waals surface area contributed by atoms with Gasteiger partial charge < -0.3 is 15.5 Å². The van der Waals surface area contributed by atoms with Gasteiger partial charge in [-0.3, -0.25) is 4.79 Å². The van der Waals surface area contributed by atoms with E-state index in [0.29, 0.717) is 6.54 Å². The molecule has 3 rings (SSSR count). The van der Waals surface area contributed by atoms with Gasteiger partial charge >= 0.3 is 0 Å². The summed E-state index contributed by atoms with van der Waals surface area (Å²) >= 11 is 0. The fourth-order valence-electron chi connectivity index (χ4n) is 3.82. The maximum Gasteiger partial charge on any atom is 0.227 e. The van der Waals surface area contributed by atoms with Crippen LogP contribution >= 0.6 is 0 Å². The van der Waals surface area contributed by atoms with Gasteiger partial charge in [-0.1, -0.05) is 24.6 Å². The van der Waals surface area contributed by atoms with Gasteiger partial charge in [0, 0.05) is 38.4 Å². The SMILES string of the molecule is CN(Cc1ccccc1N1CCCC1)C(=O)[C@H]1CCC[C@H]1N. The van der Waals surface area contributed by atoms with Gasteiger partial charge in [-0.05, 0) is 37.3 Å². The van der Waals surface area contributed by atoms with Crippen molar-refractivity contribution in [3.8, 4) is 0 Å². The highest BCUT2D eigenvalue weighted by molar-refractivity contribution is 5.79. The van der Waals surface area contributed by atoms with E-state index in [-0.39, 0.29) is 17.9 Å². The smallest absolute Gasteiger partial charge is 0.227 e. The molecule has 2 fully saturated rings. The average molecular weight is 301 g/mol. The molecule has 0 bridgehead atoms. The minimum atomic E-state index is 0.0175. The zero-order valence-electron chi connectivity index (χ0n) is 13.5. The number of hydrogen-bond donors (Lipinski definition) is 1. The molecule has 1 aromatic carbocycles. The largest absolute Gasteiger partial charge is 0.371 e. The van der Waals surface area contributed by atoms with E-state index >= 15 is 0 Å². The van der Waals surface area contributed by atoms with Crippen molar-refractivity contribution < 1.29 is 4.79 Å². The molecule has 1 aromatic rings. The van der Waals surface area contributed by atoms with Crippen LogP contribution < -0.4 is 10.6 Å². The lowest BCUT2D eigenvalue weighted by Gasteiger charge is -2.27. The first kappa shape index (κ1) is 15.3. The second kappa shape index (κ2) is 6.69. The predicted molar refractivity (Wildman–Crippen MR) is 89.7 cm³/mol. The van der Waals surface area contributed by atoms with Gasteiger partial charge in [0.2, 0.25) is 5.91 Å². The summed E-state index contributed by atoms with van der Waals surface area (Å²) in [6.07, 6.45) is 5.53. The number of benzene rings is 1. The summed E-state index contributed by atoms with van der Waals surface area (Å²) in [6, 6.07) is 8.52. The van der Waals surface area contributed by atoms with Crippen molar-refractivity contribution in [3.63, 3.8) is 0 Å². The molecule has 22 heavy (non-hydrogen) atoms. The number of nitrogens with two attached hydrogens (primary N) is 1. The van der Waals surface area contributed by atoms with Crippen molar-refractivity contribution in [2.75, 3.05) is 25.0 Å². The van der Waals surface area contributed by atoms with Crippen LogP contribution in [0.25, 0.3) is 0 Å². The van der Waals surface area contributed by atoms with Crippen molar-refractivity contribution in [2.24, 2.45) is 11.7 Å². The molecule has 0 unspecified atom stereocenters. The monoisotopic (exact) mass is 301 g/mol. The molecule has 0 radical (unpaired) electrons. The summed E-state index contributed by atoms with van der Waals surface area (Å²) in [6.45, 7) is 2.93. The zero-order valence-corrected chi connectivity index (χ0v) is 13.5. The van der Waals surface area contributed by atoms with E-state index in [1.807, 2.05) is 11.9 Å². The summed E-state index contributed by atoms with van der Waals surface area (Å²) in [5.41, 5.74) is 8.61. The predicted octanol–water partition coefficient (Wildman–Crippen LogP) is 2.37. The third-order valence-electron chi connectivity index (χ3n) is 5.11. The standard InChI is InChI=1S/C18H27N3O/c1-20(18(22)15-8-6-9-16(15)19)13-14-7-2-3-10-17(14)21-11-4-5-12-21/h2-3,7,10,15-16H,4-6,8-9,11-13,19H2,1H3/t15-,16+/m0/s1. The van der Waals surface area contributed by atoms with Crippen LogP contribution in [0.3, 0.4) is 0 Å². The third-order valence-corrected chi connectivity index (χ3v) is 5.11. The normalized spacial score (nSPS) is 24.7. The Hall–Kier alpha value is -1.55. The van der Waals surface area contributed by atoms with E-state index in [1.165, 1.54) is 24.1 Å². The highest BCUT2D eigenvalue weighted by atomic mass is 16.2. The molecule has 2 atom stereocenters. The molecular weight excluding hydrogens is 274 g/mol. The maximum absolute atomic E-state index is 12.6. The Bertz CT molecular complexity index is 525. The quantitative estimate of drug-likeness (QED) is 0.929. The van der Waals surface area contributed by atoms with Crippen molar-refractivity contribution in [2.45, 2.75) is 44.7 Å². The van der Waals surface area contributed by atoms with Crippen molar-refractivity contribution in [1.82, 2.24) is 4.90 Å². The lowest BCUT2D eigenvalue weighted by atomic mass is 10.0. The summed E-state index contributed by atoms with van der Waals surface area (Å²) in [5.74, 6) is 0.227. The summed E-state index contributed by atoms with van der Waals surface area (Å²) < 4.78 is 0. The average Bonchev–Trinajstić information content (AvgIpc) is 3.18. The first-order valence-electron chi connectivity index (χ1n) is 8.50. The molecule has 4 nitrogen and oxygen atoms in total. The number of para-hydroxylation sites is 1. The molecule has 1 aliphatic heterocycles. The fourth-order valence-corrected chi connectivity index (χ4v) is 3.82. The van der Waals surface area contributed by atoms with E-state index in [2.05, 4.69) is 29.2 Å². The van der Waals surface area contributed by atoms with Crippen molar-refractivity contribution in [3.05, 3.63) is 29.8 Å². The molecule has 1 aliphatic carbocycles. The Morgan fingerprint density at radius 3 is 2.64 bits per heavy atom. The lowest BCUT2D eigenvalue weighted by Crippen LogP contribution is -2.39. The Morgan fingerprint density at radius 1 is 1.23 bits per heavy atom. The number of carbonyl (C=O) groups is 1. The number of rotatable bonds is 4. The Balaban J connectivity index is 1.71. The summed E-state index contributed by atoms with van der Waals surface area (Å²) in [4.78, 5) is 16.9. The van der Waals surface area contributed by atoms with Crippen LogP contribution in [-0.2, 0) is 11.3 Å². The van der Waals surface area contributed by atoms with Gasteiger partial charge in [-0.25, -0.2) is 0 Å². The number of hydrogen-bond acceptors (Lipinski definition) is 3. The Kier molecular flexibility index (Phi) is 4.67. The second-order valence-corrected chi connectivity index (χ2v) is 6.72. The molecule has 0 aromatic heterocycles. The van der Waals surface area contributed by atoms with Crippen LogP contribution in [0.1, 0.15) is 37.7 Å². The lowest BCUT2D eigenvalue weighted by molar-refractivity contribution is -0.134. The van der Waals surface area contributed by atoms with Crippen LogP contribution in [0.2, 0.25) is 0 Å². The van der Waals surface area contributed by atoms with Crippen molar-refractivity contribution >= 4 is 11.6 Å². The Morgan fingerprint density at radius 2 is 1.95 bits per heavy atom. The molecule has 1 heterocycles. The van der Waals surface area contributed by atoms with Gasteiger partial charge in [-0.2, -0.15) is 0 Å². The van der Waals surface area contributed by atoms with Gasteiger partial charge in [0.15, 0.2) is 0 Å². The van der Waals surface area contributed by atoms with Crippen LogP contribution in [0.15, 0.2) is 24.3 Å². The van der Waals surface area contributed by atoms with Gasteiger partial charge in [0.25, 0.3) is 0 Å². The fraction of sp³-hybridized carbons (Fsp3) is 0.611. The molecule has 1 saturated carbocycles. The second-order valence-electron chi connectivity index (χ2n) is 6.72. The molecule has 4 heteroatoms. The van der Waals surface area contributed by atoms with E-state index in [1.54, 1.807) is 0 Å². The molecular formula is C18H27N3O. The van der Waals surface area contributed by atoms with Crippen LogP contribution in [0.5, 0.6) is 0 Å². The highest BCUT2D eigenvalue weighted by Crippen LogP contribution is 2.28. The molecule has 1 amide bonds. The molecule has 2 N–H and O–H groups in total. The summed E-state index contributed by atoms with van der Waals surface area (Å²) in [5, 5.41) is 0. The van der Waals surface area contributed by atoms with Crippen LogP contribution in [-0.4, -0.2) is 37.0 Å².